The molecule has 0 aliphatic carbocycles. The number of aromatic nitrogens is 1. The van der Waals surface area contributed by atoms with Gasteiger partial charge in [-0.1, -0.05) is 22.0 Å². The number of carbonyl (C=O) groups is 2. The summed E-state index contributed by atoms with van der Waals surface area (Å²) in [5.41, 5.74) is 3.28. The van der Waals surface area contributed by atoms with E-state index in [1.165, 1.54) is 0 Å². The molecule has 1 amide bonds. The van der Waals surface area contributed by atoms with Crippen molar-refractivity contribution in [2.45, 2.75) is 33.8 Å². The highest BCUT2D eigenvalue weighted by Gasteiger charge is 2.17. The SMILES string of the molecule is Cc1cc(C(=O)NCC(=O)OC(C)C)c(C)n1-c1cccc(Br)c1. The molecule has 0 saturated heterocycles. The predicted octanol–water partition coefficient (Wildman–Crippen LogP) is 3.54. The molecule has 0 unspecified atom stereocenters. The van der Waals surface area contributed by atoms with Crippen molar-refractivity contribution < 1.29 is 14.3 Å². The van der Waals surface area contributed by atoms with E-state index in [0.29, 0.717) is 5.56 Å². The Labute approximate surface area is 150 Å². The van der Waals surface area contributed by atoms with Crippen LogP contribution in [0, 0.1) is 13.8 Å². The number of halogens is 1. The minimum Gasteiger partial charge on any atom is -0.462 e. The van der Waals surface area contributed by atoms with E-state index in [1.54, 1.807) is 13.8 Å². The number of amides is 1. The lowest BCUT2D eigenvalue weighted by Gasteiger charge is -2.11. The molecule has 1 heterocycles. The molecule has 1 aromatic carbocycles. The summed E-state index contributed by atoms with van der Waals surface area (Å²) < 4.78 is 7.99. The topological polar surface area (TPSA) is 60.3 Å². The van der Waals surface area contributed by atoms with Crippen LogP contribution in [0.25, 0.3) is 5.69 Å². The van der Waals surface area contributed by atoms with Crippen molar-refractivity contribution in [1.82, 2.24) is 9.88 Å². The largest absolute Gasteiger partial charge is 0.462 e. The fourth-order valence-electron chi connectivity index (χ4n) is 2.56. The Bertz CT molecular complexity index is 766. The molecule has 0 saturated carbocycles. The number of nitrogens with one attached hydrogen (secondary N) is 1. The number of hydrogen-bond donors (Lipinski definition) is 1. The van der Waals surface area contributed by atoms with Crippen molar-refractivity contribution in [3.63, 3.8) is 0 Å². The van der Waals surface area contributed by atoms with Crippen molar-refractivity contribution >= 4 is 27.8 Å². The molecule has 24 heavy (non-hydrogen) atoms. The number of esters is 1. The summed E-state index contributed by atoms with van der Waals surface area (Å²) in [5.74, 6) is -0.732. The molecule has 0 bridgehead atoms. The summed E-state index contributed by atoms with van der Waals surface area (Å²) in [6, 6.07) is 9.68. The van der Waals surface area contributed by atoms with Gasteiger partial charge in [0.15, 0.2) is 0 Å². The molecule has 0 radical (unpaired) electrons. The molecule has 0 atom stereocenters. The smallest absolute Gasteiger partial charge is 0.325 e. The highest BCUT2D eigenvalue weighted by atomic mass is 79.9. The molecule has 0 aliphatic heterocycles. The molecule has 0 spiro atoms. The van der Waals surface area contributed by atoms with Crippen LogP contribution >= 0.6 is 15.9 Å². The first kappa shape index (κ1) is 18.3. The average Bonchev–Trinajstić information content (AvgIpc) is 2.79. The van der Waals surface area contributed by atoms with Crippen LogP contribution < -0.4 is 5.32 Å². The number of aryl methyl sites for hydroxylation is 1. The normalized spacial score (nSPS) is 10.8. The third-order valence-electron chi connectivity index (χ3n) is 3.50. The van der Waals surface area contributed by atoms with E-state index in [9.17, 15) is 9.59 Å². The molecule has 6 heteroatoms. The lowest BCUT2D eigenvalue weighted by atomic mass is 10.2. The van der Waals surface area contributed by atoms with Gasteiger partial charge in [0.25, 0.3) is 5.91 Å². The summed E-state index contributed by atoms with van der Waals surface area (Å²) >= 11 is 3.46. The zero-order valence-electron chi connectivity index (χ0n) is 14.2. The molecule has 0 aliphatic rings. The number of benzene rings is 1. The van der Waals surface area contributed by atoms with Crippen LogP contribution in [0.3, 0.4) is 0 Å². The van der Waals surface area contributed by atoms with E-state index in [1.807, 2.05) is 48.7 Å². The third kappa shape index (κ3) is 4.26. The van der Waals surface area contributed by atoms with Gasteiger partial charge in [-0.15, -0.1) is 0 Å². The molecule has 128 valence electrons. The standard InChI is InChI=1S/C18H21BrN2O3/c1-11(2)24-17(22)10-20-18(23)16-8-12(3)21(13(16)4)15-7-5-6-14(19)9-15/h5-9,11H,10H2,1-4H3,(H,20,23). The molecular weight excluding hydrogens is 372 g/mol. The van der Waals surface area contributed by atoms with Gasteiger partial charge in [-0.25, -0.2) is 0 Å². The van der Waals surface area contributed by atoms with E-state index in [4.69, 9.17) is 4.74 Å². The van der Waals surface area contributed by atoms with Gasteiger partial charge in [0.05, 0.1) is 11.7 Å². The van der Waals surface area contributed by atoms with Crippen molar-refractivity contribution in [2.75, 3.05) is 6.54 Å². The zero-order valence-corrected chi connectivity index (χ0v) is 15.8. The lowest BCUT2D eigenvalue weighted by Crippen LogP contribution is -2.31. The summed E-state index contributed by atoms with van der Waals surface area (Å²) in [7, 11) is 0. The van der Waals surface area contributed by atoms with Crippen LogP contribution in [0.1, 0.15) is 35.6 Å². The second kappa shape index (κ2) is 7.66. The van der Waals surface area contributed by atoms with Crippen LogP contribution in [0.2, 0.25) is 0 Å². The first-order valence-corrected chi connectivity index (χ1v) is 8.51. The Morgan fingerprint density at radius 1 is 1.25 bits per heavy atom. The number of ether oxygens (including phenoxy) is 1. The van der Waals surface area contributed by atoms with Crippen LogP contribution in [0.4, 0.5) is 0 Å². The summed E-state index contributed by atoms with van der Waals surface area (Å²) in [5, 5.41) is 2.61. The Morgan fingerprint density at radius 2 is 1.96 bits per heavy atom. The fraction of sp³-hybridized carbons (Fsp3) is 0.333. The number of rotatable bonds is 5. The van der Waals surface area contributed by atoms with E-state index in [0.717, 1.165) is 21.5 Å². The van der Waals surface area contributed by atoms with Crippen LogP contribution in [0.15, 0.2) is 34.8 Å². The molecule has 0 fully saturated rings. The van der Waals surface area contributed by atoms with Gasteiger partial charge in [0.1, 0.15) is 6.54 Å². The van der Waals surface area contributed by atoms with E-state index in [-0.39, 0.29) is 18.6 Å². The molecular formula is C18H21BrN2O3. The summed E-state index contributed by atoms with van der Waals surface area (Å²) in [6.07, 6.45) is -0.198. The Morgan fingerprint density at radius 3 is 2.58 bits per heavy atom. The maximum Gasteiger partial charge on any atom is 0.325 e. The highest BCUT2D eigenvalue weighted by Crippen LogP contribution is 2.23. The average molecular weight is 393 g/mol. The van der Waals surface area contributed by atoms with Gasteiger partial charge in [-0.05, 0) is 52.0 Å². The maximum absolute atomic E-state index is 12.4. The molecule has 2 rings (SSSR count). The second-order valence-corrected chi connectivity index (χ2v) is 6.74. The quantitative estimate of drug-likeness (QED) is 0.791. The Hall–Kier alpha value is -2.08. The minimum absolute atomic E-state index is 0.141. The van der Waals surface area contributed by atoms with Crippen LogP contribution in [-0.4, -0.2) is 29.1 Å². The van der Waals surface area contributed by atoms with Crippen molar-refractivity contribution in [3.8, 4) is 5.69 Å². The van der Waals surface area contributed by atoms with Gasteiger partial charge in [0, 0.05) is 21.5 Å². The monoisotopic (exact) mass is 392 g/mol. The summed E-state index contributed by atoms with van der Waals surface area (Å²) in [4.78, 5) is 23.9. The first-order valence-electron chi connectivity index (χ1n) is 7.72. The Balaban J connectivity index is 2.19. The van der Waals surface area contributed by atoms with Gasteiger partial charge >= 0.3 is 5.97 Å². The molecule has 1 N–H and O–H groups in total. The van der Waals surface area contributed by atoms with E-state index >= 15 is 0 Å². The van der Waals surface area contributed by atoms with Gasteiger partial charge in [-0.2, -0.15) is 0 Å². The highest BCUT2D eigenvalue weighted by molar-refractivity contribution is 9.10. The van der Waals surface area contributed by atoms with Crippen molar-refractivity contribution in [1.29, 1.82) is 0 Å². The molecule has 1 aromatic heterocycles. The van der Waals surface area contributed by atoms with Gasteiger partial charge < -0.3 is 14.6 Å². The first-order chi connectivity index (χ1) is 11.3. The van der Waals surface area contributed by atoms with E-state index < -0.39 is 5.97 Å². The zero-order chi connectivity index (χ0) is 17.9. The Kier molecular flexibility index (Phi) is 5.83. The predicted molar refractivity (Wildman–Crippen MR) is 96.5 cm³/mol. The van der Waals surface area contributed by atoms with E-state index in [2.05, 4.69) is 21.2 Å². The third-order valence-corrected chi connectivity index (χ3v) is 4.00. The van der Waals surface area contributed by atoms with Gasteiger partial charge in [0.2, 0.25) is 0 Å². The number of nitrogens with zero attached hydrogens (tertiary/aromatic N) is 1. The molecule has 2 aromatic rings. The summed E-state index contributed by atoms with van der Waals surface area (Å²) in [6.45, 7) is 7.22. The van der Waals surface area contributed by atoms with Crippen LogP contribution in [-0.2, 0) is 9.53 Å². The number of carbonyl (C=O) groups excluding carboxylic acids is 2. The van der Waals surface area contributed by atoms with Crippen molar-refractivity contribution in [2.24, 2.45) is 0 Å². The second-order valence-electron chi connectivity index (χ2n) is 5.82. The van der Waals surface area contributed by atoms with Crippen molar-refractivity contribution in [3.05, 3.63) is 51.8 Å². The minimum atomic E-state index is -0.445. The molecule has 5 nitrogen and oxygen atoms in total. The fourth-order valence-corrected chi connectivity index (χ4v) is 2.94. The van der Waals surface area contributed by atoms with Gasteiger partial charge in [-0.3, -0.25) is 9.59 Å². The van der Waals surface area contributed by atoms with Crippen LogP contribution in [0.5, 0.6) is 0 Å². The number of hydrogen-bond acceptors (Lipinski definition) is 3. The lowest BCUT2D eigenvalue weighted by molar-refractivity contribution is -0.146. The maximum atomic E-state index is 12.4.